The van der Waals surface area contributed by atoms with Gasteiger partial charge in [-0.1, -0.05) is 15.9 Å². The topological polar surface area (TPSA) is 74.8 Å². The van der Waals surface area contributed by atoms with Crippen molar-refractivity contribution in [2.24, 2.45) is 5.10 Å². The Morgan fingerprint density at radius 1 is 1.38 bits per heavy atom. The first kappa shape index (κ1) is 16.2. The number of phenols is 1. The van der Waals surface area contributed by atoms with Crippen LogP contribution in [0.4, 0.5) is 4.39 Å². The lowest BCUT2D eigenvalue weighted by atomic mass is 10.1. The molecule has 2 aromatic carbocycles. The molecule has 0 radical (unpaired) electrons. The summed E-state index contributed by atoms with van der Waals surface area (Å²) < 4.78 is 18.8. The number of furan rings is 1. The van der Waals surface area contributed by atoms with Gasteiger partial charge >= 0.3 is 0 Å². The fourth-order valence-corrected chi connectivity index (χ4v) is 2.73. The summed E-state index contributed by atoms with van der Waals surface area (Å²) in [4.78, 5) is 12.2. The average molecular weight is 391 g/mol. The van der Waals surface area contributed by atoms with Crippen LogP contribution in [-0.2, 0) is 0 Å². The molecule has 1 aromatic heterocycles. The van der Waals surface area contributed by atoms with E-state index in [1.807, 2.05) is 0 Å². The number of hydrogen-bond donors (Lipinski definition) is 2. The number of aromatic hydroxyl groups is 1. The summed E-state index contributed by atoms with van der Waals surface area (Å²) in [5.74, 6) is -1.10. The summed E-state index contributed by atoms with van der Waals surface area (Å²) >= 11 is 3.21. The first-order valence-corrected chi connectivity index (χ1v) is 7.75. The van der Waals surface area contributed by atoms with Gasteiger partial charge < -0.3 is 9.52 Å². The van der Waals surface area contributed by atoms with Gasteiger partial charge in [-0.25, -0.2) is 9.82 Å². The first-order chi connectivity index (χ1) is 11.5. The monoisotopic (exact) mass is 390 g/mol. The molecule has 7 heteroatoms. The number of halogens is 2. The number of carbonyl (C=O) groups is 1. The molecular weight excluding hydrogens is 379 g/mol. The second-order valence-corrected chi connectivity index (χ2v) is 5.97. The van der Waals surface area contributed by atoms with E-state index < -0.39 is 5.91 Å². The van der Waals surface area contributed by atoms with E-state index in [0.29, 0.717) is 21.0 Å². The van der Waals surface area contributed by atoms with Gasteiger partial charge in [-0.15, -0.1) is 0 Å². The molecule has 3 aromatic rings. The summed E-state index contributed by atoms with van der Waals surface area (Å²) in [6.45, 7) is 1.78. The molecule has 122 valence electrons. The minimum Gasteiger partial charge on any atom is -0.506 e. The molecule has 24 heavy (non-hydrogen) atoms. The minimum atomic E-state index is -0.565. The van der Waals surface area contributed by atoms with E-state index in [4.69, 9.17) is 4.42 Å². The van der Waals surface area contributed by atoms with E-state index in [1.165, 1.54) is 36.7 Å². The van der Waals surface area contributed by atoms with Crippen LogP contribution in [0.1, 0.15) is 21.5 Å². The predicted octanol–water partition coefficient (Wildman–Crippen LogP) is 4.11. The molecule has 0 saturated heterocycles. The SMILES string of the molecule is Cc1coc2ccc(C(=O)N/N=C/c3ccc(F)cc3Br)c(O)c12. The number of hydrogen-bond acceptors (Lipinski definition) is 4. The summed E-state index contributed by atoms with van der Waals surface area (Å²) in [6, 6.07) is 7.17. The molecule has 0 saturated carbocycles. The Morgan fingerprint density at radius 3 is 2.92 bits per heavy atom. The van der Waals surface area contributed by atoms with Gasteiger partial charge in [0.2, 0.25) is 0 Å². The average Bonchev–Trinajstić information content (AvgIpc) is 2.92. The van der Waals surface area contributed by atoms with Crippen LogP contribution in [0.2, 0.25) is 0 Å². The van der Waals surface area contributed by atoms with E-state index >= 15 is 0 Å². The standard InChI is InChI=1S/C17H12BrFN2O3/c1-9-8-24-14-5-4-12(16(22)15(9)14)17(23)21-20-7-10-2-3-11(19)6-13(10)18/h2-8,22H,1H3,(H,21,23)/b20-7+. The summed E-state index contributed by atoms with van der Waals surface area (Å²) in [7, 11) is 0. The highest BCUT2D eigenvalue weighted by atomic mass is 79.9. The Balaban J connectivity index is 1.81. The molecule has 5 nitrogen and oxygen atoms in total. The Labute approximate surface area is 144 Å². The van der Waals surface area contributed by atoms with Gasteiger partial charge in [-0.3, -0.25) is 4.79 Å². The molecular formula is C17H12BrFN2O3. The van der Waals surface area contributed by atoms with Crippen molar-refractivity contribution in [3.63, 3.8) is 0 Å². The van der Waals surface area contributed by atoms with Crippen molar-refractivity contribution in [1.82, 2.24) is 5.43 Å². The molecule has 0 bridgehead atoms. The number of hydrazone groups is 1. The lowest BCUT2D eigenvalue weighted by Crippen LogP contribution is -2.17. The minimum absolute atomic E-state index is 0.0855. The van der Waals surface area contributed by atoms with Crippen LogP contribution >= 0.6 is 15.9 Å². The van der Waals surface area contributed by atoms with Crippen LogP contribution < -0.4 is 5.43 Å². The van der Waals surface area contributed by atoms with Crippen molar-refractivity contribution in [1.29, 1.82) is 0 Å². The third kappa shape index (κ3) is 3.03. The second-order valence-electron chi connectivity index (χ2n) is 5.12. The zero-order valence-corrected chi connectivity index (χ0v) is 14.1. The molecule has 0 fully saturated rings. The number of aryl methyl sites for hydroxylation is 1. The van der Waals surface area contributed by atoms with E-state index in [0.717, 1.165) is 5.56 Å². The van der Waals surface area contributed by atoms with Gasteiger partial charge in [0.25, 0.3) is 5.91 Å². The zero-order chi connectivity index (χ0) is 17.3. The van der Waals surface area contributed by atoms with Crippen molar-refractivity contribution >= 4 is 39.0 Å². The molecule has 3 rings (SSSR count). The van der Waals surface area contributed by atoms with E-state index in [1.54, 1.807) is 13.0 Å². The van der Waals surface area contributed by atoms with Crippen LogP contribution in [-0.4, -0.2) is 17.2 Å². The van der Waals surface area contributed by atoms with Crippen LogP contribution in [0, 0.1) is 12.7 Å². The molecule has 0 aliphatic rings. The number of nitrogens with zero attached hydrogens (tertiary/aromatic N) is 1. The maximum Gasteiger partial charge on any atom is 0.275 e. The second kappa shape index (κ2) is 6.45. The van der Waals surface area contributed by atoms with Crippen molar-refractivity contribution in [3.05, 3.63) is 63.6 Å². The third-order valence-corrected chi connectivity index (χ3v) is 4.16. The summed E-state index contributed by atoms with van der Waals surface area (Å²) in [6.07, 6.45) is 2.89. The Morgan fingerprint density at radius 2 is 2.17 bits per heavy atom. The van der Waals surface area contributed by atoms with Gasteiger partial charge in [-0.05, 0) is 42.8 Å². The highest BCUT2D eigenvalue weighted by Gasteiger charge is 2.16. The fraction of sp³-hybridized carbons (Fsp3) is 0.0588. The van der Waals surface area contributed by atoms with Gasteiger partial charge in [0.05, 0.1) is 23.4 Å². The normalized spacial score (nSPS) is 11.3. The number of fused-ring (bicyclic) bond motifs is 1. The lowest BCUT2D eigenvalue weighted by molar-refractivity contribution is 0.0952. The van der Waals surface area contributed by atoms with Crippen molar-refractivity contribution in [2.75, 3.05) is 0 Å². The summed E-state index contributed by atoms with van der Waals surface area (Å²) in [5, 5.41) is 14.6. The molecule has 1 amide bonds. The lowest BCUT2D eigenvalue weighted by Gasteiger charge is -2.04. The molecule has 1 heterocycles. The van der Waals surface area contributed by atoms with Crippen molar-refractivity contribution < 1.29 is 18.7 Å². The fourth-order valence-electron chi connectivity index (χ4n) is 2.27. The van der Waals surface area contributed by atoms with Crippen LogP contribution in [0.15, 0.2) is 50.6 Å². The van der Waals surface area contributed by atoms with Crippen molar-refractivity contribution in [3.8, 4) is 5.75 Å². The largest absolute Gasteiger partial charge is 0.506 e. The Bertz CT molecular complexity index is 966. The number of carbonyl (C=O) groups excluding carboxylic acids is 1. The Kier molecular flexibility index (Phi) is 4.35. The predicted molar refractivity (Wildman–Crippen MR) is 91.8 cm³/mol. The molecule has 0 unspecified atom stereocenters. The first-order valence-electron chi connectivity index (χ1n) is 6.95. The molecule has 0 atom stereocenters. The highest BCUT2D eigenvalue weighted by Crippen LogP contribution is 2.32. The van der Waals surface area contributed by atoms with Crippen LogP contribution in [0.3, 0.4) is 0 Å². The smallest absolute Gasteiger partial charge is 0.275 e. The number of benzene rings is 2. The number of phenolic OH excluding ortho intramolecular Hbond substituents is 1. The molecule has 0 aliphatic heterocycles. The van der Waals surface area contributed by atoms with E-state index in [-0.39, 0.29) is 17.1 Å². The molecule has 0 spiro atoms. The van der Waals surface area contributed by atoms with E-state index in [9.17, 15) is 14.3 Å². The molecule has 0 aliphatic carbocycles. The van der Waals surface area contributed by atoms with Gasteiger partial charge in [0.1, 0.15) is 17.1 Å². The number of rotatable bonds is 3. The van der Waals surface area contributed by atoms with E-state index in [2.05, 4.69) is 26.5 Å². The summed E-state index contributed by atoms with van der Waals surface area (Å²) in [5.41, 5.74) is 4.25. The van der Waals surface area contributed by atoms with Gasteiger partial charge in [0, 0.05) is 10.0 Å². The maximum absolute atomic E-state index is 13.0. The van der Waals surface area contributed by atoms with Gasteiger partial charge in [0.15, 0.2) is 0 Å². The number of amides is 1. The van der Waals surface area contributed by atoms with Gasteiger partial charge in [-0.2, -0.15) is 5.10 Å². The zero-order valence-electron chi connectivity index (χ0n) is 12.5. The van der Waals surface area contributed by atoms with Crippen LogP contribution in [0.5, 0.6) is 5.75 Å². The quantitative estimate of drug-likeness (QED) is 0.521. The number of nitrogens with one attached hydrogen (secondary N) is 1. The highest BCUT2D eigenvalue weighted by molar-refractivity contribution is 9.10. The Hall–Kier alpha value is -2.67. The van der Waals surface area contributed by atoms with Crippen LogP contribution in [0.25, 0.3) is 11.0 Å². The third-order valence-electron chi connectivity index (χ3n) is 3.47. The molecule has 2 N–H and O–H groups in total. The van der Waals surface area contributed by atoms with Crippen molar-refractivity contribution in [2.45, 2.75) is 6.92 Å². The maximum atomic E-state index is 13.0.